The maximum Gasteiger partial charge on any atom is 0.248 e. The number of amides is 1. The Morgan fingerprint density at radius 1 is 1.10 bits per heavy atom. The van der Waals surface area contributed by atoms with Gasteiger partial charge >= 0.3 is 0 Å². The van der Waals surface area contributed by atoms with Crippen molar-refractivity contribution in [1.82, 2.24) is 39.4 Å². The fourth-order valence-corrected chi connectivity index (χ4v) is 4.22. The van der Waals surface area contributed by atoms with Gasteiger partial charge in [0.25, 0.3) is 0 Å². The molecule has 2 fully saturated rings. The zero-order valence-electron chi connectivity index (χ0n) is 16.9. The van der Waals surface area contributed by atoms with Crippen molar-refractivity contribution in [2.24, 2.45) is 0 Å². The van der Waals surface area contributed by atoms with Gasteiger partial charge in [-0.05, 0) is 50.6 Å². The third-order valence-corrected chi connectivity index (χ3v) is 5.95. The van der Waals surface area contributed by atoms with Gasteiger partial charge in [-0.2, -0.15) is 9.61 Å². The summed E-state index contributed by atoms with van der Waals surface area (Å²) >= 11 is 0. The Morgan fingerprint density at radius 3 is 2.83 bits per heavy atom. The highest BCUT2D eigenvalue weighted by atomic mass is 16.5. The molecule has 2 aliphatic rings. The summed E-state index contributed by atoms with van der Waals surface area (Å²) < 4.78 is 8.91. The van der Waals surface area contributed by atoms with E-state index in [1.807, 2.05) is 33.8 Å². The first-order chi connectivity index (χ1) is 14.8. The summed E-state index contributed by atoms with van der Waals surface area (Å²) in [6.07, 6.45) is 6.54. The van der Waals surface area contributed by atoms with Crippen LogP contribution in [-0.2, 0) is 9.53 Å². The Bertz CT molecular complexity index is 994. The van der Waals surface area contributed by atoms with E-state index < -0.39 is 0 Å². The van der Waals surface area contributed by atoms with Crippen molar-refractivity contribution in [3.05, 3.63) is 36.4 Å². The Balaban J connectivity index is 1.22. The highest BCUT2D eigenvalue weighted by molar-refractivity contribution is 5.77. The van der Waals surface area contributed by atoms with Crippen LogP contribution in [0.25, 0.3) is 11.5 Å². The molecule has 0 N–H and O–H groups in total. The Hall–Kier alpha value is -2.85. The number of aromatic nitrogens is 6. The predicted molar refractivity (Wildman–Crippen MR) is 108 cm³/mol. The van der Waals surface area contributed by atoms with Gasteiger partial charge in [-0.15, -0.1) is 15.3 Å². The predicted octanol–water partition coefficient (Wildman–Crippen LogP) is 0.738. The maximum absolute atomic E-state index is 12.1. The van der Waals surface area contributed by atoms with E-state index >= 15 is 0 Å². The Morgan fingerprint density at radius 2 is 2.00 bits per heavy atom. The van der Waals surface area contributed by atoms with Gasteiger partial charge in [0.2, 0.25) is 5.91 Å². The molecule has 0 saturated carbocycles. The summed E-state index contributed by atoms with van der Waals surface area (Å²) in [5, 5.41) is 17.7. The van der Waals surface area contributed by atoms with Gasteiger partial charge in [0.1, 0.15) is 6.61 Å². The van der Waals surface area contributed by atoms with E-state index in [1.54, 1.807) is 10.9 Å². The van der Waals surface area contributed by atoms with Gasteiger partial charge in [0.05, 0.1) is 0 Å². The van der Waals surface area contributed by atoms with Crippen molar-refractivity contribution in [3.8, 4) is 5.82 Å². The summed E-state index contributed by atoms with van der Waals surface area (Å²) in [6, 6.07) is 5.71. The summed E-state index contributed by atoms with van der Waals surface area (Å²) in [6.45, 7) is 5.33. The van der Waals surface area contributed by atoms with E-state index in [0.717, 1.165) is 69.3 Å². The van der Waals surface area contributed by atoms with E-state index in [1.165, 1.54) is 0 Å². The number of ether oxygens (including phenoxy) is 1. The molecular weight excluding hydrogens is 384 g/mol. The van der Waals surface area contributed by atoms with E-state index in [-0.39, 0.29) is 12.5 Å². The molecule has 2 aliphatic heterocycles. The van der Waals surface area contributed by atoms with Gasteiger partial charge in [-0.1, -0.05) is 0 Å². The molecule has 0 aliphatic carbocycles. The standard InChI is InChI=1S/C20H26N8O2/c29-19-15-30-14-2-8-26(19)13-12-25-10-5-16(6-11-25)20-23-22-17-3-4-18(24-28(17)20)27-9-1-7-21-27/h1,3-4,7,9,16H,2,5-6,8,10-15H2. The minimum atomic E-state index is 0.108. The van der Waals surface area contributed by atoms with Crippen LogP contribution < -0.4 is 0 Å². The number of piperidine rings is 1. The first-order valence-electron chi connectivity index (χ1n) is 10.6. The highest BCUT2D eigenvalue weighted by Crippen LogP contribution is 2.27. The number of nitrogens with zero attached hydrogens (tertiary/aromatic N) is 8. The Labute approximate surface area is 174 Å². The summed E-state index contributed by atoms with van der Waals surface area (Å²) in [5.74, 6) is 2.09. The first kappa shape index (κ1) is 19.1. The zero-order valence-corrected chi connectivity index (χ0v) is 16.9. The summed E-state index contributed by atoms with van der Waals surface area (Å²) in [5.41, 5.74) is 0.755. The van der Waals surface area contributed by atoms with Crippen molar-refractivity contribution in [2.75, 3.05) is 45.9 Å². The molecule has 10 nitrogen and oxygen atoms in total. The van der Waals surface area contributed by atoms with Crippen LogP contribution in [-0.4, -0.2) is 91.2 Å². The van der Waals surface area contributed by atoms with Crippen molar-refractivity contribution in [3.63, 3.8) is 0 Å². The van der Waals surface area contributed by atoms with Crippen LogP contribution in [0.4, 0.5) is 0 Å². The SMILES string of the molecule is O=C1COCCCN1CCN1CCC(c2nnc3ccc(-n4cccn4)nn23)CC1. The van der Waals surface area contributed by atoms with Crippen molar-refractivity contribution < 1.29 is 9.53 Å². The molecule has 5 rings (SSSR count). The average molecular weight is 410 g/mol. The summed E-state index contributed by atoms with van der Waals surface area (Å²) in [4.78, 5) is 16.5. The molecule has 1 amide bonds. The molecule has 3 aromatic heterocycles. The van der Waals surface area contributed by atoms with E-state index in [4.69, 9.17) is 9.84 Å². The molecular formula is C20H26N8O2. The lowest BCUT2D eigenvalue weighted by Crippen LogP contribution is -2.42. The topological polar surface area (TPSA) is 93.7 Å². The molecule has 5 heterocycles. The lowest BCUT2D eigenvalue weighted by Gasteiger charge is -2.32. The average Bonchev–Trinajstić information content (AvgIpc) is 3.41. The van der Waals surface area contributed by atoms with Crippen LogP contribution in [0.5, 0.6) is 0 Å². The van der Waals surface area contributed by atoms with E-state index in [2.05, 4.69) is 20.2 Å². The number of hydrogen-bond donors (Lipinski definition) is 0. The second kappa shape index (κ2) is 8.49. The minimum Gasteiger partial charge on any atom is -0.372 e. The molecule has 0 spiro atoms. The van der Waals surface area contributed by atoms with E-state index in [9.17, 15) is 4.79 Å². The fourth-order valence-electron chi connectivity index (χ4n) is 4.22. The van der Waals surface area contributed by atoms with Crippen molar-refractivity contribution >= 4 is 11.6 Å². The fraction of sp³-hybridized carbons (Fsp3) is 0.550. The third-order valence-electron chi connectivity index (χ3n) is 5.95. The molecule has 0 bridgehead atoms. The quantitative estimate of drug-likeness (QED) is 0.612. The number of carbonyl (C=O) groups is 1. The lowest BCUT2D eigenvalue weighted by molar-refractivity contribution is -0.134. The van der Waals surface area contributed by atoms with Gasteiger partial charge in [-0.25, -0.2) is 4.68 Å². The maximum atomic E-state index is 12.1. The number of hydrogen-bond acceptors (Lipinski definition) is 7. The molecule has 10 heteroatoms. The first-order valence-corrected chi connectivity index (χ1v) is 10.6. The third kappa shape index (κ3) is 3.92. The Kier molecular flexibility index (Phi) is 5.41. The normalized spacial score (nSPS) is 19.5. The lowest BCUT2D eigenvalue weighted by atomic mass is 9.96. The molecule has 0 radical (unpaired) electrons. The van der Waals surface area contributed by atoms with Gasteiger partial charge in [0, 0.05) is 44.6 Å². The molecule has 158 valence electrons. The summed E-state index contributed by atoms with van der Waals surface area (Å²) in [7, 11) is 0. The molecule has 0 unspecified atom stereocenters. The minimum absolute atomic E-state index is 0.108. The van der Waals surface area contributed by atoms with Crippen molar-refractivity contribution in [1.29, 1.82) is 0 Å². The van der Waals surface area contributed by atoms with Crippen LogP contribution in [0.2, 0.25) is 0 Å². The van der Waals surface area contributed by atoms with E-state index in [0.29, 0.717) is 12.5 Å². The highest BCUT2D eigenvalue weighted by Gasteiger charge is 2.26. The van der Waals surface area contributed by atoms with Gasteiger partial charge in [-0.3, -0.25) is 4.79 Å². The van der Waals surface area contributed by atoms with Crippen LogP contribution in [0.15, 0.2) is 30.6 Å². The number of carbonyl (C=O) groups excluding carboxylic acids is 1. The van der Waals surface area contributed by atoms with Crippen LogP contribution in [0.1, 0.15) is 31.0 Å². The number of likely N-dealkylation sites (tertiary alicyclic amines) is 1. The monoisotopic (exact) mass is 410 g/mol. The molecule has 0 aromatic carbocycles. The molecule has 2 saturated heterocycles. The number of fused-ring (bicyclic) bond motifs is 1. The smallest absolute Gasteiger partial charge is 0.248 e. The molecule has 30 heavy (non-hydrogen) atoms. The van der Waals surface area contributed by atoms with Gasteiger partial charge < -0.3 is 14.5 Å². The largest absolute Gasteiger partial charge is 0.372 e. The molecule has 3 aromatic rings. The second-order valence-electron chi connectivity index (χ2n) is 7.87. The van der Waals surface area contributed by atoms with Crippen LogP contribution in [0.3, 0.4) is 0 Å². The zero-order chi connectivity index (χ0) is 20.3. The van der Waals surface area contributed by atoms with Crippen LogP contribution in [0, 0.1) is 0 Å². The van der Waals surface area contributed by atoms with Gasteiger partial charge in [0.15, 0.2) is 17.3 Å². The molecule has 0 atom stereocenters. The number of rotatable bonds is 5. The van der Waals surface area contributed by atoms with Crippen LogP contribution >= 0.6 is 0 Å². The second-order valence-corrected chi connectivity index (χ2v) is 7.87. The van der Waals surface area contributed by atoms with Crippen molar-refractivity contribution in [2.45, 2.75) is 25.2 Å².